The molecule has 1 aliphatic carbocycles. The molecule has 0 unspecified atom stereocenters. The van der Waals surface area contributed by atoms with Gasteiger partial charge in [-0.05, 0) is 61.1 Å². The Morgan fingerprint density at radius 1 is 0.833 bits per heavy atom. The van der Waals surface area contributed by atoms with Crippen LogP contribution in [0.25, 0.3) is 0 Å². The largest absolute Gasteiger partial charge is 0.462 e. The van der Waals surface area contributed by atoms with Crippen LogP contribution in [0.2, 0.25) is 10.0 Å². The van der Waals surface area contributed by atoms with Gasteiger partial charge in [-0.15, -0.1) is 0 Å². The van der Waals surface area contributed by atoms with Gasteiger partial charge in [-0.1, -0.05) is 53.9 Å². The van der Waals surface area contributed by atoms with E-state index in [-0.39, 0.29) is 12.1 Å². The molecule has 24 heavy (non-hydrogen) atoms. The molecule has 2 nitrogen and oxygen atoms in total. The normalized spacial score (nSPS) is 15.5. The number of halogens is 2. The lowest BCUT2D eigenvalue weighted by atomic mass is 9.91. The highest BCUT2D eigenvalue weighted by Crippen LogP contribution is 2.30. The number of ether oxygens (including phenoxy) is 1. The molecule has 2 aromatic rings. The third-order valence-electron chi connectivity index (χ3n) is 4.48. The first kappa shape index (κ1) is 17.3. The highest BCUT2D eigenvalue weighted by Gasteiger charge is 2.27. The SMILES string of the molecule is O=C(OC1CCCCC1)C(c1ccc(Cl)cc1)c1ccc(Cl)cc1. The molecule has 0 atom stereocenters. The summed E-state index contributed by atoms with van der Waals surface area (Å²) >= 11 is 12.0. The van der Waals surface area contributed by atoms with Gasteiger partial charge < -0.3 is 4.74 Å². The zero-order valence-corrected chi connectivity index (χ0v) is 14.9. The van der Waals surface area contributed by atoms with Crippen molar-refractivity contribution in [3.63, 3.8) is 0 Å². The Labute approximate surface area is 152 Å². The second kappa shape index (κ2) is 8.04. The van der Waals surface area contributed by atoms with Gasteiger partial charge in [0.25, 0.3) is 0 Å². The second-order valence-electron chi connectivity index (χ2n) is 6.23. The zero-order chi connectivity index (χ0) is 16.9. The summed E-state index contributed by atoms with van der Waals surface area (Å²) < 4.78 is 5.82. The van der Waals surface area contributed by atoms with Crippen LogP contribution < -0.4 is 0 Å². The number of benzene rings is 2. The first-order chi connectivity index (χ1) is 11.6. The van der Waals surface area contributed by atoms with E-state index in [4.69, 9.17) is 27.9 Å². The molecule has 0 spiro atoms. The van der Waals surface area contributed by atoms with Crippen molar-refractivity contribution in [2.24, 2.45) is 0 Å². The molecule has 0 N–H and O–H groups in total. The van der Waals surface area contributed by atoms with Gasteiger partial charge in [-0.3, -0.25) is 4.79 Å². The first-order valence-electron chi connectivity index (χ1n) is 8.35. The highest BCUT2D eigenvalue weighted by molar-refractivity contribution is 6.30. The van der Waals surface area contributed by atoms with E-state index in [1.54, 1.807) is 24.3 Å². The van der Waals surface area contributed by atoms with Crippen molar-refractivity contribution in [3.8, 4) is 0 Å². The molecular weight excluding hydrogens is 343 g/mol. The fraction of sp³-hybridized carbons (Fsp3) is 0.350. The number of hydrogen-bond acceptors (Lipinski definition) is 2. The van der Waals surface area contributed by atoms with E-state index in [0.717, 1.165) is 36.8 Å². The fourth-order valence-electron chi connectivity index (χ4n) is 3.19. The van der Waals surface area contributed by atoms with Crippen LogP contribution in [-0.2, 0) is 9.53 Å². The molecule has 1 saturated carbocycles. The third kappa shape index (κ3) is 4.31. The fourth-order valence-corrected chi connectivity index (χ4v) is 3.44. The molecule has 1 fully saturated rings. The summed E-state index contributed by atoms with van der Waals surface area (Å²) in [6.07, 6.45) is 5.44. The van der Waals surface area contributed by atoms with Gasteiger partial charge in [-0.2, -0.15) is 0 Å². The minimum absolute atomic E-state index is 0.0355. The maximum atomic E-state index is 12.9. The van der Waals surface area contributed by atoms with Gasteiger partial charge in [0.2, 0.25) is 0 Å². The Morgan fingerprint density at radius 3 is 1.75 bits per heavy atom. The lowest BCUT2D eigenvalue weighted by Gasteiger charge is -2.25. The van der Waals surface area contributed by atoms with E-state index < -0.39 is 5.92 Å². The predicted octanol–water partition coefficient (Wildman–Crippen LogP) is 6.00. The summed E-state index contributed by atoms with van der Waals surface area (Å²) in [7, 11) is 0. The Bertz CT molecular complexity index is 628. The van der Waals surface area contributed by atoms with E-state index in [9.17, 15) is 4.79 Å². The van der Waals surface area contributed by atoms with E-state index >= 15 is 0 Å². The summed E-state index contributed by atoms with van der Waals surface area (Å²) in [6, 6.07) is 14.7. The second-order valence-corrected chi connectivity index (χ2v) is 7.11. The minimum Gasteiger partial charge on any atom is -0.462 e. The summed E-state index contributed by atoms with van der Waals surface area (Å²) in [5.41, 5.74) is 1.75. The van der Waals surface area contributed by atoms with Gasteiger partial charge in [0.1, 0.15) is 12.0 Å². The van der Waals surface area contributed by atoms with Crippen molar-refractivity contribution < 1.29 is 9.53 Å². The number of hydrogen-bond donors (Lipinski definition) is 0. The molecule has 0 aliphatic heterocycles. The molecule has 0 amide bonds. The Morgan fingerprint density at radius 2 is 1.29 bits per heavy atom. The molecule has 3 rings (SSSR count). The maximum Gasteiger partial charge on any atom is 0.318 e. The van der Waals surface area contributed by atoms with Crippen molar-refractivity contribution >= 4 is 29.2 Å². The lowest BCUT2D eigenvalue weighted by molar-refractivity contribution is -0.151. The number of esters is 1. The van der Waals surface area contributed by atoms with E-state index in [1.807, 2.05) is 24.3 Å². The van der Waals surface area contributed by atoms with Crippen molar-refractivity contribution in [2.75, 3.05) is 0 Å². The molecule has 0 radical (unpaired) electrons. The minimum atomic E-state index is -0.457. The molecule has 1 aliphatic rings. The third-order valence-corrected chi connectivity index (χ3v) is 4.98. The van der Waals surface area contributed by atoms with Gasteiger partial charge in [0, 0.05) is 10.0 Å². The maximum absolute atomic E-state index is 12.9. The molecule has 0 bridgehead atoms. The molecule has 4 heteroatoms. The quantitative estimate of drug-likeness (QED) is 0.623. The molecule has 0 aromatic heterocycles. The molecule has 0 saturated heterocycles. The predicted molar refractivity (Wildman–Crippen MR) is 97.7 cm³/mol. The van der Waals surface area contributed by atoms with E-state index in [1.165, 1.54) is 6.42 Å². The topological polar surface area (TPSA) is 26.3 Å². The van der Waals surface area contributed by atoms with Gasteiger partial charge in [-0.25, -0.2) is 0 Å². The molecular formula is C20H20Cl2O2. The van der Waals surface area contributed by atoms with Crippen LogP contribution in [0, 0.1) is 0 Å². The van der Waals surface area contributed by atoms with Crippen LogP contribution in [0.5, 0.6) is 0 Å². The number of carbonyl (C=O) groups is 1. The Balaban J connectivity index is 1.87. The first-order valence-corrected chi connectivity index (χ1v) is 9.10. The zero-order valence-electron chi connectivity index (χ0n) is 13.4. The highest BCUT2D eigenvalue weighted by atomic mass is 35.5. The van der Waals surface area contributed by atoms with Gasteiger partial charge >= 0.3 is 5.97 Å². The average Bonchev–Trinajstić information content (AvgIpc) is 2.59. The van der Waals surface area contributed by atoms with E-state index in [0.29, 0.717) is 10.0 Å². The van der Waals surface area contributed by atoms with E-state index in [2.05, 4.69) is 0 Å². The van der Waals surface area contributed by atoms with Crippen LogP contribution >= 0.6 is 23.2 Å². The smallest absolute Gasteiger partial charge is 0.318 e. The number of rotatable bonds is 4. The Hall–Kier alpha value is -1.51. The number of carbonyl (C=O) groups excluding carboxylic acids is 1. The summed E-state index contributed by atoms with van der Waals surface area (Å²) in [5, 5.41) is 1.29. The standard InChI is InChI=1S/C20H20Cl2O2/c21-16-10-6-14(7-11-16)19(15-8-12-17(22)13-9-15)20(23)24-18-4-2-1-3-5-18/h6-13,18-19H,1-5H2. The summed E-state index contributed by atoms with van der Waals surface area (Å²) in [5.74, 6) is -0.659. The summed E-state index contributed by atoms with van der Waals surface area (Å²) in [6.45, 7) is 0. The van der Waals surface area contributed by atoms with Crippen molar-refractivity contribution in [2.45, 2.75) is 44.1 Å². The van der Waals surface area contributed by atoms with Crippen LogP contribution in [0.4, 0.5) is 0 Å². The van der Waals surface area contributed by atoms with Crippen LogP contribution in [0.3, 0.4) is 0 Å². The van der Waals surface area contributed by atoms with Crippen LogP contribution in [-0.4, -0.2) is 12.1 Å². The average molecular weight is 363 g/mol. The molecule has 0 heterocycles. The summed E-state index contributed by atoms with van der Waals surface area (Å²) in [4.78, 5) is 12.9. The monoisotopic (exact) mass is 362 g/mol. The molecule has 2 aromatic carbocycles. The van der Waals surface area contributed by atoms with Crippen LogP contribution in [0.1, 0.15) is 49.1 Å². The van der Waals surface area contributed by atoms with Crippen molar-refractivity contribution in [3.05, 3.63) is 69.7 Å². The van der Waals surface area contributed by atoms with Crippen molar-refractivity contribution in [1.29, 1.82) is 0 Å². The Kier molecular flexibility index (Phi) is 5.80. The molecule has 126 valence electrons. The van der Waals surface area contributed by atoms with Crippen molar-refractivity contribution in [1.82, 2.24) is 0 Å². The lowest BCUT2D eigenvalue weighted by Crippen LogP contribution is -2.25. The van der Waals surface area contributed by atoms with Crippen LogP contribution in [0.15, 0.2) is 48.5 Å². The van der Waals surface area contributed by atoms with Gasteiger partial charge in [0.15, 0.2) is 0 Å². The van der Waals surface area contributed by atoms with Gasteiger partial charge in [0.05, 0.1) is 0 Å².